The van der Waals surface area contributed by atoms with E-state index in [1.807, 2.05) is 4.57 Å². The Morgan fingerprint density at radius 1 is 1.00 bits per heavy atom. The lowest BCUT2D eigenvalue weighted by molar-refractivity contribution is 0.0744. The summed E-state index contributed by atoms with van der Waals surface area (Å²) in [6.45, 7) is 5.95. The Hall–Kier alpha value is -2.72. The van der Waals surface area contributed by atoms with E-state index in [4.69, 9.17) is 0 Å². The van der Waals surface area contributed by atoms with Crippen LogP contribution in [0.1, 0.15) is 34.6 Å². The van der Waals surface area contributed by atoms with Gasteiger partial charge in [0.25, 0.3) is 11.5 Å². The van der Waals surface area contributed by atoms with E-state index < -0.39 is 21.0 Å². The number of hydrogen-bond acceptors (Lipinski definition) is 6. The van der Waals surface area contributed by atoms with Crippen LogP contribution in [0.4, 0.5) is 5.69 Å². The first-order valence-corrected chi connectivity index (χ1v) is 13.2. The van der Waals surface area contributed by atoms with Gasteiger partial charge in [-0.15, -0.1) is 0 Å². The molecule has 0 aliphatic carbocycles. The number of carbonyl (C=O) groups is 1. The van der Waals surface area contributed by atoms with Crippen LogP contribution in [0.15, 0.2) is 35.3 Å². The van der Waals surface area contributed by atoms with Crippen LogP contribution in [0.25, 0.3) is 0 Å². The molecule has 1 aromatic heterocycles. The van der Waals surface area contributed by atoms with E-state index in [0.29, 0.717) is 58.1 Å². The first-order chi connectivity index (χ1) is 15.7. The molecule has 0 unspecified atom stereocenters. The molecule has 2 aromatic rings. The second-order valence-electron chi connectivity index (χ2n) is 9.47. The highest BCUT2D eigenvalue weighted by molar-refractivity contribution is 7.88. The van der Waals surface area contributed by atoms with Gasteiger partial charge in [0.05, 0.1) is 6.26 Å². The number of anilines is 1. The van der Waals surface area contributed by atoms with Crippen molar-refractivity contribution in [2.75, 3.05) is 50.4 Å². The summed E-state index contributed by atoms with van der Waals surface area (Å²) in [5, 5.41) is 0. The summed E-state index contributed by atoms with van der Waals surface area (Å²) in [6, 6.07) is 8.34. The molecule has 10 heteroatoms. The summed E-state index contributed by atoms with van der Waals surface area (Å²) >= 11 is 0. The highest BCUT2D eigenvalue weighted by atomic mass is 32.2. The number of aromatic nitrogens is 2. The quantitative estimate of drug-likeness (QED) is 0.658. The third-order valence-corrected chi connectivity index (χ3v) is 8.53. The third-order valence-electron chi connectivity index (χ3n) is 7.28. The van der Waals surface area contributed by atoms with Crippen molar-refractivity contribution in [2.24, 2.45) is 0 Å². The molecule has 0 bridgehead atoms. The van der Waals surface area contributed by atoms with E-state index >= 15 is 0 Å². The SMILES string of the molecule is Cc1ccc(N2CCN(C(=O)c3cn4c(nc3=O)[C@]3(CCN(S(C)(=O)=O)C3)CC4)CC2)cc1. The molecule has 2 saturated heterocycles. The fourth-order valence-electron chi connectivity index (χ4n) is 5.28. The molecule has 1 aromatic carbocycles. The van der Waals surface area contributed by atoms with Gasteiger partial charge < -0.3 is 14.4 Å². The van der Waals surface area contributed by atoms with Crippen LogP contribution in [-0.2, 0) is 22.0 Å². The molecular weight excluding hydrogens is 442 g/mol. The van der Waals surface area contributed by atoms with E-state index in [2.05, 4.69) is 41.1 Å². The summed E-state index contributed by atoms with van der Waals surface area (Å²) in [5.74, 6) is 0.330. The number of hydrogen-bond donors (Lipinski definition) is 0. The zero-order chi connectivity index (χ0) is 23.4. The van der Waals surface area contributed by atoms with Crippen LogP contribution >= 0.6 is 0 Å². The number of nitrogens with zero attached hydrogens (tertiary/aromatic N) is 5. The van der Waals surface area contributed by atoms with Crippen molar-refractivity contribution < 1.29 is 13.2 Å². The Morgan fingerprint density at radius 3 is 2.30 bits per heavy atom. The number of sulfonamides is 1. The van der Waals surface area contributed by atoms with Gasteiger partial charge in [-0.05, 0) is 31.9 Å². The van der Waals surface area contributed by atoms with Crippen molar-refractivity contribution in [3.8, 4) is 0 Å². The van der Waals surface area contributed by atoms with E-state index in [9.17, 15) is 18.0 Å². The molecule has 33 heavy (non-hydrogen) atoms. The Bertz CT molecular complexity index is 1250. The van der Waals surface area contributed by atoms with E-state index in [1.165, 1.54) is 16.1 Å². The predicted molar refractivity (Wildman–Crippen MR) is 125 cm³/mol. The minimum atomic E-state index is -3.29. The summed E-state index contributed by atoms with van der Waals surface area (Å²) in [4.78, 5) is 34.3. The average Bonchev–Trinajstić information content (AvgIpc) is 3.38. The standard InChI is InChI=1S/C23H29N5O4S/c1-17-3-5-18(6-4-17)25-11-13-26(14-12-25)21(30)19-15-27-9-7-23(22(27)24-20(19)29)8-10-28(16-23)33(2,31)32/h3-6,15H,7-14,16H2,1-2H3/t23-/m0/s1. The van der Waals surface area contributed by atoms with Gasteiger partial charge in [0, 0.05) is 63.1 Å². The molecule has 5 rings (SSSR count). The normalized spacial score (nSPS) is 23.3. The Kier molecular flexibility index (Phi) is 5.32. The van der Waals surface area contributed by atoms with Gasteiger partial charge in [-0.2, -0.15) is 4.98 Å². The summed E-state index contributed by atoms with van der Waals surface area (Å²) in [6.07, 6.45) is 4.21. The van der Waals surface area contributed by atoms with Crippen molar-refractivity contribution in [2.45, 2.75) is 31.7 Å². The van der Waals surface area contributed by atoms with Gasteiger partial charge in [-0.1, -0.05) is 17.7 Å². The molecule has 9 nitrogen and oxygen atoms in total. The topological polar surface area (TPSA) is 95.8 Å². The molecule has 1 spiro atoms. The molecule has 4 heterocycles. The largest absolute Gasteiger partial charge is 0.368 e. The smallest absolute Gasteiger partial charge is 0.285 e. The van der Waals surface area contributed by atoms with Crippen LogP contribution in [0.5, 0.6) is 0 Å². The number of aryl methyl sites for hydroxylation is 2. The van der Waals surface area contributed by atoms with Crippen LogP contribution in [0, 0.1) is 6.92 Å². The average molecular weight is 472 g/mol. The third kappa shape index (κ3) is 3.95. The zero-order valence-corrected chi connectivity index (χ0v) is 19.8. The highest BCUT2D eigenvalue weighted by Gasteiger charge is 2.48. The van der Waals surface area contributed by atoms with Crippen molar-refractivity contribution in [1.29, 1.82) is 0 Å². The maximum Gasteiger partial charge on any atom is 0.285 e. The van der Waals surface area contributed by atoms with Crippen LogP contribution in [0.3, 0.4) is 0 Å². The minimum absolute atomic E-state index is 0.0950. The number of piperazine rings is 1. The summed E-state index contributed by atoms with van der Waals surface area (Å²) in [5.41, 5.74) is 1.48. The van der Waals surface area contributed by atoms with Gasteiger partial charge in [-0.3, -0.25) is 9.59 Å². The molecular formula is C23H29N5O4S. The lowest BCUT2D eigenvalue weighted by Gasteiger charge is -2.36. The van der Waals surface area contributed by atoms with Gasteiger partial charge in [-0.25, -0.2) is 12.7 Å². The Balaban J connectivity index is 1.32. The van der Waals surface area contributed by atoms with Gasteiger partial charge >= 0.3 is 0 Å². The van der Waals surface area contributed by atoms with E-state index in [1.54, 1.807) is 11.1 Å². The van der Waals surface area contributed by atoms with Crippen molar-refractivity contribution >= 4 is 21.6 Å². The van der Waals surface area contributed by atoms with Crippen LogP contribution in [0.2, 0.25) is 0 Å². The maximum atomic E-state index is 13.2. The molecule has 2 fully saturated rings. The molecule has 1 atom stereocenters. The fourth-order valence-corrected chi connectivity index (χ4v) is 6.18. The zero-order valence-electron chi connectivity index (χ0n) is 19.0. The summed E-state index contributed by atoms with van der Waals surface area (Å²) < 4.78 is 27.3. The Labute approximate surface area is 193 Å². The number of rotatable bonds is 3. The number of fused-ring (bicyclic) bond motifs is 2. The number of benzene rings is 1. The highest BCUT2D eigenvalue weighted by Crippen LogP contribution is 2.41. The molecule has 176 valence electrons. The molecule has 1 amide bonds. The summed E-state index contributed by atoms with van der Waals surface area (Å²) in [7, 11) is -3.29. The van der Waals surface area contributed by atoms with E-state index in [0.717, 1.165) is 12.1 Å². The lowest BCUT2D eigenvalue weighted by Crippen LogP contribution is -2.50. The maximum absolute atomic E-state index is 13.2. The molecule has 3 aliphatic heterocycles. The molecule has 0 saturated carbocycles. The first-order valence-electron chi connectivity index (χ1n) is 11.3. The second kappa shape index (κ2) is 7.95. The first kappa shape index (κ1) is 22.1. The number of amides is 1. The predicted octanol–water partition coefficient (Wildman–Crippen LogP) is 0.821. The lowest BCUT2D eigenvalue weighted by atomic mass is 9.85. The van der Waals surface area contributed by atoms with Crippen molar-refractivity contribution in [3.05, 3.63) is 57.8 Å². The van der Waals surface area contributed by atoms with Crippen LogP contribution in [-0.4, -0.2) is 78.6 Å². The van der Waals surface area contributed by atoms with E-state index in [-0.39, 0.29) is 11.5 Å². The Morgan fingerprint density at radius 2 is 1.67 bits per heavy atom. The second-order valence-corrected chi connectivity index (χ2v) is 11.5. The monoisotopic (exact) mass is 471 g/mol. The minimum Gasteiger partial charge on any atom is -0.368 e. The van der Waals surface area contributed by atoms with Gasteiger partial charge in [0.15, 0.2) is 0 Å². The van der Waals surface area contributed by atoms with Gasteiger partial charge in [0.1, 0.15) is 11.4 Å². The van der Waals surface area contributed by atoms with Gasteiger partial charge in [0.2, 0.25) is 10.0 Å². The van der Waals surface area contributed by atoms with Crippen LogP contribution < -0.4 is 10.5 Å². The fraction of sp³-hybridized carbons (Fsp3) is 0.522. The molecule has 0 N–H and O–H groups in total. The number of carbonyl (C=O) groups excluding carboxylic acids is 1. The molecule has 0 radical (unpaired) electrons. The van der Waals surface area contributed by atoms with Crippen molar-refractivity contribution in [1.82, 2.24) is 18.8 Å². The van der Waals surface area contributed by atoms with Crippen molar-refractivity contribution in [3.63, 3.8) is 0 Å². The molecule has 3 aliphatic rings.